The molecule has 0 heterocycles. The number of allylic oxidation sites excluding steroid dienone is 1. The Labute approximate surface area is 97.9 Å². The Kier molecular flexibility index (Phi) is 3.60. The van der Waals surface area contributed by atoms with Gasteiger partial charge in [0, 0.05) is 11.5 Å². The molecule has 0 atom stereocenters. The van der Waals surface area contributed by atoms with Crippen LogP contribution in [-0.4, -0.2) is 4.92 Å². The van der Waals surface area contributed by atoms with Crippen LogP contribution in [0.1, 0.15) is 26.3 Å². The van der Waals surface area contributed by atoms with Crippen LogP contribution in [0.15, 0.2) is 30.1 Å². The number of nitro benzene ring substituents is 1. The molecule has 0 unspecified atom stereocenters. The van der Waals surface area contributed by atoms with Gasteiger partial charge >= 0.3 is 0 Å². The number of benzene rings is 1. The standard InChI is InChI=1S/C12H13F2NO2/c1-12(2,3)11(14)10(13)8-6-4-5-7-9(8)15(16)17/h4-7H,1-3H3/b11-10+. The molecule has 0 radical (unpaired) electrons. The summed E-state index contributed by atoms with van der Waals surface area (Å²) < 4.78 is 27.6. The summed E-state index contributed by atoms with van der Waals surface area (Å²) in [5.74, 6) is -2.17. The summed E-state index contributed by atoms with van der Waals surface area (Å²) in [5.41, 5.74) is -1.79. The van der Waals surface area contributed by atoms with E-state index in [0.29, 0.717) is 0 Å². The van der Waals surface area contributed by atoms with Gasteiger partial charge in [0.25, 0.3) is 5.69 Å². The smallest absolute Gasteiger partial charge is 0.258 e. The van der Waals surface area contributed by atoms with E-state index in [1.807, 2.05) is 0 Å². The van der Waals surface area contributed by atoms with Gasteiger partial charge in [-0.3, -0.25) is 10.1 Å². The fraction of sp³-hybridized carbons (Fsp3) is 0.333. The molecule has 1 aromatic carbocycles. The lowest BCUT2D eigenvalue weighted by atomic mass is 9.92. The molecule has 0 spiro atoms. The predicted octanol–water partition coefficient (Wildman–Crippen LogP) is 4.25. The van der Waals surface area contributed by atoms with Crippen LogP contribution in [0.4, 0.5) is 14.5 Å². The Hall–Kier alpha value is -1.78. The van der Waals surface area contributed by atoms with Crippen LogP contribution in [-0.2, 0) is 0 Å². The number of halogens is 2. The number of nitro groups is 1. The van der Waals surface area contributed by atoms with Crippen molar-refractivity contribution in [3.63, 3.8) is 0 Å². The van der Waals surface area contributed by atoms with Crippen molar-refractivity contribution in [3.05, 3.63) is 45.8 Å². The second kappa shape index (κ2) is 4.61. The Morgan fingerprint density at radius 1 is 1.24 bits per heavy atom. The average molecular weight is 241 g/mol. The van der Waals surface area contributed by atoms with Crippen LogP contribution in [0.2, 0.25) is 0 Å². The highest BCUT2D eigenvalue weighted by Crippen LogP contribution is 2.37. The second-order valence-corrected chi connectivity index (χ2v) is 4.65. The molecule has 3 nitrogen and oxygen atoms in total. The molecule has 0 aliphatic rings. The molecule has 5 heteroatoms. The van der Waals surface area contributed by atoms with Crippen LogP contribution in [0, 0.1) is 15.5 Å². The van der Waals surface area contributed by atoms with Crippen molar-refractivity contribution in [2.75, 3.05) is 0 Å². The Morgan fingerprint density at radius 3 is 2.24 bits per heavy atom. The molecule has 0 amide bonds. The number of para-hydroxylation sites is 1. The third-order valence-electron chi connectivity index (χ3n) is 2.19. The van der Waals surface area contributed by atoms with Gasteiger partial charge in [0.15, 0.2) is 5.83 Å². The summed E-state index contributed by atoms with van der Waals surface area (Å²) in [6, 6.07) is 5.17. The van der Waals surface area contributed by atoms with Crippen LogP contribution in [0.3, 0.4) is 0 Å². The van der Waals surface area contributed by atoms with Crippen molar-refractivity contribution >= 4 is 11.5 Å². The van der Waals surface area contributed by atoms with Crippen molar-refractivity contribution in [1.29, 1.82) is 0 Å². The molecular weight excluding hydrogens is 228 g/mol. The zero-order valence-electron chi connectivity index (χ0n) is 9.83. The molecule has 0 aromatic heterocycles. The first-order valence-electron chi connectivity index (χ1n) is 5.04. The largest absolute Gasteiger partial charge is 0.279 e. The fourth-order valence-corrected chi connectivity index (χ4v) is 1.27. The molecule has 1 rings (SSSR count). The lowest BCUT2D eigenvalue weighted by Crippen LogP contribution is -2.07. The molecule has 0 aliphatic heterocycles. The first-order chi connectivity index (χ1) is 7.75. The molecule has 0 saturated carbocycles. The Bertz CT molecular complexity index is 476. The van der Waals surface area contributed by atoms with E-state index in [9.17, 15) is 18.9 Å². The minimum atomic E-state index is -1.18. The zero-order valence-corrected chi connectivity index (χ0v) is 9.83. The first-order valence-corrected chi connectivity index (χ1v) is 5.04. The van der Waals surface area contributed by atoms with Gasteiger partial charge in [-0.2, -0.15) is 0 Å². The SMILES string of the molecule is CC(C)(C)/C(F)=C(\F)c1ccccc1[N+](=O)[O-]. The third-order valence-corrected chi connectivity index (χ3v) is 2.19. The highest BCUT2D eigenvalue weighted by atomic mass is 19.2. The van der Waals surface area contributed by atoms with Crippen molar-refractivity contribution < 1.29 is 13.7 Å². The van der Waals surface area contributed by atoms with E-state index >= 15 is 0 Å². The van der Waals surface area contributed by atoms with Crippen molar-refractivity contribution in [2.45, 2.75) is 20.8 Å². The number of hydrogen-bond acceptors (Lipinski definition) is 2. The Balaban J connectivity index is 3.40. The van der Waals surface area contributed by atoms with Gasteiger partial charge < -0.3 is 0 Å². The van der Waals surface area contributed by atoms with E-state index in [2.05, 4.69) is 0 Å². The maximum absolute atomic E-state index is 13.8. The minimum absolute atomic E-state index is 0.329. The van der Waals surface area contributed by atoms with Gasteiger partial charge in [0.1, 0.15) is 5.83 Å². The van der Waals surface area contributed by atoms with Gasteiger partial charge in [-0.25, -0.2) is 8.78 Å². The third kappa shape index (κ3) is 2.87. The van der Waals surface area contributed by atoms with Crippen LogP contribution in [0.5, 0.6) is 0 Å². The topological polar surface area (TPSA) is 43.1 Å². The summed E-state index contributed by atoms with van der Waals surface area (Å²) in [6.07, 6.45) is 0. The molecule has 17 heavy (non-hydrogen) atoms. The van der Waals surface area contributed by atoms with Gasteiger partial charge in [-0.05, 0) is 6.07 Å². The van der Waals surface area contributed by atoms with Crippen molar-refractivity contribution in [3.8, 4) is 0 Å². The molecule has 0 bridgehead atoms. The predicted molar refractivity (Wildman–Crippen MR) is 61.7 cm³/mol. The highest BCUT2D eigenvalue weighted by Gasteiger charge is 2.26. The van der Waals surface area contributed by atoms with E-state index in [0.717, 1.165) is 6.07 Å². The first kappa shape index (κ1) is 13.3. The van der Waals surface area contributed by atoms with Crippen LogP contribution >= 0.6 is 0 Å². The minimum Gasteiger partial charge on any atom is -0.258 e. The van der Waals surface area contributed by atoms with Gasteiger partial charge in [-0.15, -0.1) is 0 Å². The van der Waals surface area contributed by atoms with Gasteiger partial charge in [0.2, 0.25) is 0 Å². The van der Waals surface area contributed by atoms with E-state index < -0.39 is 27.7 Å². The normalized spacial score (nSPS) is 13.2. The summed E-state index contributed by atoms with van der Waals surface area (Å²) >= 11 is 0. The number of nitrogens with zero attached hydrogens (tertiary/aromatic N) is 1. The van der Waals surface area contributed by atoms with Crippen LogP contribution in [0.25, 0.3) is 5.83 Å². The van der Waals surface area contributed by atoms with Crippen molar-refractivity contribution in [2.24, 2.45) is 5.41 Å². The summed E-state index contributed by atoms with van der Waals surface area (Å²) in [7, 11) is 0. The molecule has 0 saturated heterocycles. The van der Waals surface area contributed by atoms with E-state index in [-0.39, 0.29) is 5.56 Å². The second-order valence-electron chi connectivity index (χ2n) is 4.65. The quantitative estimate of drug-likeness (QED) is 0.573. The molecule has 92 valence electrons. The summed E-state index contributed by atoms with van der Waals surface area (Å²) in [4.78, 5) is 9.96. The number of hydrogen-bond donors (Lipinski definition) is 0. The lowest BCUT2D eigenvalue weighted by Gasteiger charge is -2.16. The number of rotatable bonds is 2. The average Bonchev–Trinajstić information content (AvgIpc) is 2.25. The highest BCUT2D eigenvalue weighted by molar-refractivity contribution is 5.69. The molecule has 0 aliphatic carbocycles. The van der Waals surface area contributed by atoms with E-state index in [4.69, 9.17) is 0 Å². The van der Waals surface area contributed by atoms with Crippen molar-refractivity contribution in [1.82, 2.24) is 0 Å². The van der Waals surface area contributed by atoms with Gasteiger partial charge in [-0.1, -0.05) is 32.9 Å². The van der Waals surface area contributed by atoms with Gasteiger partial charge in [0.05, 0.1) is 10.5 Å². The molecule has 0 N–H and O–H groups in total. The summed E-state index contributed by atoms with van der Waals surface area (Å²) in [5, 5.41) is 10.7. The molecular formula is C12H13F2NO2. The zero-order chi connectivity index (χ0) is 13.2. The Morgan fingerprint density at radius 2 is 1.76 bits per heavy atom. The van der Waals surface area contributed by atoms with E-state index in [1.165, 1.54) is 39.0 Å². The monoisotopic (exact) mass is 241 g/mol. The maximum atomic E-state index is 13.8. The lowest BCUT2D eigenvalue weighted by molar-refractivity contribution is -0.385. The fourth-order valence-electron chi connectivity index (χ4n) is 1.27. The molecule has 1 aromatic rings. The summed E-state index contributed by atoms with van der Waals surface area (Å²) in [6.45, 7) is 4.49. The van der Waals surface area contributed by atoms with E-state index in [1.54, 1.807) is 0 Å². The van der Waals surface area contributed by atoms with Crippen LogP contribution < -0.4 is 0 Å². The maximum Gasteiger partial charge on any atom is 0.279 e. The molecule has 0 fully saturated rings.